The molecule has 0 aliphatic carbocycles. The predicted octanol–water partition coefficient (Wildman–Crippen LogP) is 3.40. The zero-order chi connectivity index (χ0) is 19.8. The number of rotatable bonds is 5. The molecule has 27 heavy (non-hydrogen) atoms. The Balaban J connectivity index is 1.73. The molecule has 2 aromatic rings. The van der Waals surface area contributed by atoms with Gasteiger partial charge in [0, 0.05) is 18.3 Å². The minimum absolute atomic E-state index is 0.102. The number of aromatic nitrogens is 2. The molecule has 0 radical (unpaired) electrons. The van der Waals surface area contributed by atoms with Crippen LogP contribution in [0.2, 0.25) is 10.0 Å². The molecule has 1 atom stereocenters. The summed E-state index contributed by atoms with van der Waals surface area (Å²) in [5.41, 5.74) is -2.65. The van der Waals surface area contributed by atoms with Crippen molar-refractivity contribution in [2.45, 2.75) is 32.2 Å². The lowest BCUT2D eigenvalue weighted by atomic mass is 10.1. The molecule has 0 bridgehead atoms. The Kier molecular flexibility index (Phi) is 5.36. The van der Waals surface area contributed by atoms with Gasteiger partial charge in [-0.3, -0.25) is 4.79 Å². The molecule has 7 nitrogen and oxygen atoms in total. The van der Waals surface area contributed by atoms with E-state index < -0.39 is 24.5 Å². The lowest BCUT2D eigenvalue weighted by Crippen LogP contribution is -2.51. The summed E-state index contributed by atoms with van der Waals surface area (Å²) in [5.74, 6) is -0.631. The molecule has 0 fully saturated rings. The Bertz CT molecular complexity index is 906. The topological polar surface area (TPSA) is 80.0 Å². The standard InChI is InChI=1S/C16H14Cl2F2N4O3/c1-9-7-16(26,15(19)20)24(21-9)14(25)11-5-6-23(22-11)8-27-12-4-2-3-10(17)13(12)18/h2-6,15,26H,7-8H2,1H3/t16-/m0/s1. The van der Waals surface area contributed by atoms with Gasteiger partial charge in [0.05, 0.1) is 5.02 Å². The highest BCUT2D eigenvalue weighted by Crippen LogP contribution is 2.33. The smallest absolute Gasteiger partial charge is 0.297 e. The van der Waals surface area contributed by atoms with Gasteiger partial charge in [0.2, 0.25) is 5.72 Å². The fraction of sp³-hybridized carbons (Fsp3) is 0.312. The van der Waals surface area contributed by atoms with Crippen molar-refractivity contribution >= 4 is 34.8 Å². The molecule has 1 N–H and O–H groups in total. The van der Waals surface area contributed by atoms with E-state index in [2.05, 4.69) is 10.2 Å². The average molecular weight is 419 g/mol. The number of amides is 1. The van der Waals surface area contributed by atoms with E-state index in [9.17, 15) is 18.7 Å². The summed E-state index contributed by atoms with van der Waals surface area (Å²) in [6.07, 6.45) is -2.20. The van der Waals surface area contributed by atoms with Gasteiger partial charge in [-0.15, -0.1) is 0 Å². The molecule has 0 saturated carbocycles. The van der Waals surface area contributed by atoms with Gasteiger partial charge in [-0.05, 0) is 25.1 Å². The maximum Gasteiger partial charge on any atom is 0.297 e. The van der Waals surface area contributed by atoms with Gasteiger partial charge in [0.1, 0.15) is 10.8 Å². The normalized spacial score (nSPS) is 19.5. The van der Waals surface area contributed by atoms with Crippen LogP contribution in [-0.4, -0.2) is 43.7 Å². The molecule has 1 aliphatic heterocycles. The van der Waals surface area contributed by atoms with Gasteiger partial charge in [-0.25, -0.2) is 13.5 Å². The van der Waals surface area contributed by atoms with E-state index in [0.29, 0.717) is 15.8 Å². The quantitative estimate of drug-likeness (QED) is 0.806. The van der Waals surface area contributed by atoms with Crippen LogP contribution in [0.25, 0.3) is 0 Å². The summed E-state index contributed by atoms with van der Waals surface area (Å²) in [4.78, 5) is 12.5. The number of carbonyl (C=O) groups is 1. The zero-order valence-corrected chi connectivity index (χ0v) is 15.5. The molecular formula is C16H14Cl2F2N4O3. The average Bonchev–Trinajstić information content (AvgIpc) is 3.20. The van der Waals surface area contributed by atoms with Gasteiger partial charge >= 0.3 is 0 Å². The number of benzene rings is 1. The van der Waals surface area contributed by atoms with Gasteiger partial charge in [-0.2, -0.15) is 15.2 Å². The second kappa shape index (κ2) is 7.41. The Morgan fingerprint density at radius 3 is 2.85 bits per heavy atom. The maximum absolute atomic E-state index is 13.2. The highest BCUT2D eigenvalue weighted by molar-refractivity contribution is 6.42. The third-order valence-corrected chi connectivity index (χ3v) is 4.63. The van der Waals surface area contributed by atoms with Gasteiger partial charge in [0.15, 0.2) is 12.4 Å². The molecule has 11 heteroatoms. The van der Waals surface area contributed by atoms with Crippen LogP contribution in [-0.2, 0) is 6.73 Å². The SMILES string of the molecule is CC1=NN(C(=O)c2ccn(COc3cccc(Cl)c3Cl)n2)[C@@](O)(C(F)F)C1. The van der Waals surface area contributed by atoms with Crippen LogP contribution < -0.4 is 4.74 Å². The van der Waals surface area contributed by atoms with Crippen molar-refractivity contribution in [1.82, 2.24) is 14.8 Å². The summed E-state index contributed by atoms with van der Waals surface area (Å²) < 4.78 is 33.2. The first-order chi connectivity index (χ1) is 12.7. The van der Waals surface area contributed by atoms with E-state index in [1.807, 2.05) is 0 Å². The van der Waals surface area contributed by atoms with Gasteiger partial charge in [0.25, 0.3) is 12.3 Å². The number of hydrazone groups is 1. The predicted molar refractivity (Wildman–Crippen MR) is 94.2 cm³/mol. The van der Waals surface area contributed by atoms with Gasteiger partial charge < -0.3 is 9.84 Å². The number of carbonyl (C=O) groups excluding carboxylic acids is 1. The van der Waals surface area contributed by atoms with Crippen molar-refractivity contribution in [2.24, 2.45) is 5.10 Å². The summed E-state index contributed by atoms with van der Waals surface area (Å²) in [6, 6.07) is 6.17. The molecule has 3 rings (SSSR count). The minimum Gasteiger partial charge on any atom is -0.470 e. The fourth-order valence-electron chi connectivity index (χ4n) is 2.52. The number of nitrogens with zero attached hydrogens (tertiary/aromatic N) is 4. The van der Waals surface area contributed by atoms with E-state index in [1.165, 1.54) is 23.9 Å². The first kappa shape index (κ1) is 19.5. The van der Waals surface area contributed by atoms with E-state index in [-0.39, 0.29) is 23.2 Å². The van der Waals surface area contributed by atoms with E-state index in [1.54, 1.807) is 18.2 Å². The second-order valence-corrected chi connectivity index (χ2v) is 6.66. The Labute approximate surface area is 162 Å². The molecule has 0 saturated heterocycles. The van der Waals surface area contributed by atoms with Crippen LogP contribution in [0.5, 0.6) is 5.75 Å². The number of hydrogen-bond acceptors (Lipinski definition) is 5. The number of halogens is 4. The maximum atomic E-state index is 13.2. The third-order valence-electron chi connectivity index (χ3n) is 3.82. The summed E-state index contributed by atoms with van der Waals surface area (Å²) in [5, 5.41) is 18.7. The van der Waals surface area contributed by atoms with Crippen LogP contribution in [0, 0.1) is 0 Å². The molecular weight excluding hydrogens is 405 g/mol. The lowest BCUT2D eigenvalue weighted by Gasteiger charge is -2.29. The summed E-state index contributed by atoms with van der Waals surface area (Å²) in [6.45, 7) is 1.34. The number of hydrogen-bond donors (Lipinski definition) is 1. The summed E-state index contributed by atoms with van der Waals surface area (Å²) >= 11 is 11.9. The molecule has 2 heterocycles. The van der Waals surface area contributed by atoms with Crippen LogP contribution >= 0.6 is 23.2 Å². The number of ether oxygens (including phenoxy) is 1. The molecule has 1 aromatic carbocycles. The Morgan fingerprint density at radius 1 is 1.41 bits per heavy atom. The van der Waals surface area contributed by atoms with Crippen LogP contribution in [0.15, 0.2) is 35.6 Å². The second-order valence-electron chi connectivity index (χ2n) is 5.87. The molecule has 144 valence electrons. The van der Waals surface area contributed by atoms with Crippen LogP contribution in [0.4, 0.5) is 8.78 Å². The van der Waals surface area contributed by atoms with Gasteiger partial charge in [-0.1, -0.05) is 29.3 Å². The first-order valence-electron chi connectivity index (χ1n) is 7.72. The van der Waals surface area contributed by atoms with Crippen molar-refractivity contribution in [1.29, 1.82) is 0 Å². The summed E-state index contributed by atoms with van der Waals surface area (Å²) in [7, 11) is 0. The highest BCUT2D eigenvalue weighted by atomic mass is 35.5. The van der Waals surface area contributed by atoms with Crippen molar-refractivity contribution in [3.63, 3.8) is 0 Å². The molecule has 0 unspecified atom stereocenters. The minimum atomic E-state index is -3.18. The lowest BCUT2D eigenvalue weighted by molar-refractivity contribution is -0.164. The number of aliphatic hydroxyl groups is 1. The first-order valence-corrected chi connectivity index (χ1v) is 8.47. The van der Waals surface area contributed by atoms with Crippen molar-refractivity contribution in [2.75, 3.05) is 0 Å². The Hall–Kier alpha value is -2.23. The van der Waals surface area contributed by atoms with Crippen molar-refractivity contribution in [3.8, 4) is 5.75 Å². The monoisotopic (exact) mass is 418 g/mol. The van der Waals surface area contributed by atoms with E-state index >= 15 is 0 Å². The van der Waals surface area contributed by atoms with Crippen molar-refractivity contribution < 1.29 is 23.4 Å². The Morgan fingerprint density at radius 2 is 2.15 bits per heavy atom. The fourth-order valence-corrected chi connectivity index (χ4v) is 2.87. The van der Waals surface area contributed by atoms with E-state index in [0.717, 1.165) is 0 Å². The molecule has 1 aliphatic rings. The highest BCUT2D eigenvalue weighted by Gasteiger charge is 2.51. The van der Waals surface area contributed by atoms with Crippen LogP contribution in [0.1, 0.15) is 23.8 Å². The number of alkyl halides is 2. The molecule has 0 spiro atoms. The molecule has 1 aromatic heterocycles. The van der Waals surface area contributed by atoms with Crippen molar-refractivity contribution in [3.05, 3.63) is 46.2 Å². The largest absolute Gasteiger partial charge is 0.470 e. The van der Waals surface area contributed by atoms with E-state index in [4.69, 9.17) is 27.9 Å². The zero-order valence-electron chi connectivity index (χ0n) is 13.9. The molecule has 1 amide bonds. The van der Waals surface area contributed by atoms with Crippen LogP contribution in [0.3, 0.4) is 0 Å². The third kappa shape index (κ3) is 3.76.